The van der Waals surface area contributed by atoms with Crippen LogP contribution in [0.1, 0.15) is 88.4 Å². The largest absolute Gasteiger partial charge is 0.340 e. The van der Waals surface area contributed by atoms with Gasteiger partial charge in [-0.3, -0.25) is 9.59 Å². The van der Waals surface area contributed by atoms with E-state index < -0.39 is 6.04 Å². The Morgan fingerprint density at radius 2 is 1.94 bits per heavy atom. The Labute approximate surface area is 217 Å². The molecule has 3 N–H and O–H groups in total. The molecule has 7 heteroatoms. The highest BCUT2D eigenvalue weighted by atomic mass is 32.1. The van der Waals surface area contributed by atoms with E-state index in [0.717, 1.165) is 42.2 Å². The third-order valence-electron chi connectivity index (χ3n) is 9.48. The molecule has 0 aromatic carbocycles. The van der Waals surface area contributed by atoms with E-state index in [1.807, 2.05) is 24.9 Å². The minimum Gasteiger partial charge on any atom is -0.340 e. The first-order valence-corrected chi connectivity index (χ1v) is 14.6. The first-order chi connectivity index (χ1) is 17.4. The number of nitrogens with one attached hydrogen (secondary N) is 1. The minimum absolute atomic E-state index is 0.0221. The lowest BCUT2D eigenvalue weighted by Gasteiger charge is -2.54. The van der Waals surface area contributed by atoms with Gasteiger partial charge in [-0.25, -0.2) is 4.98 Å². The summed E-state index contributed by atoms with van der Waals surface area (Å²) in [5.74, 6) is 2.07. The number of imidazole rings is 1. The molecule has 3 fully saturated rings. The second-order valence-corrected chi connectivity index (χ2v) is 12.9. The van der Waals surface area contributed by atoms with Gasteiger partial charge in [-0.2, -0.15) is 0 Å². The first kappa shape index (κ1) is 24.1. The molecule has 0 radical (unpaired) electrons. The van der Waals surface area contributed by atoms with Gasteiger partial charge >= 0.3 is 0 Å². The van der Waals surface area contributed by atoms with E-state index >= 15 is 0 Å². The normalized spacial score (nSPS) is 28.2. The van der Waals surface area contributed by atoms with Crippen molar-refractivity contribution in [3.8, 4) is 10.6 Å². The number of aromatic amines is 1. The molecule has 4 unspecified atom stereocenters. The maximum absolute atomic E-state index is 13.0. The molecule has 1 saturated heterocycles. The van der Waals surface area contributed by atoms with Crippen LogP contribution in [-0.4, -0.2) is 39.1 Å². The number of carbonyl (C=O) groups excluding carboxylic acids is 2. The van der Waals surface area contributed by atoms with Gasteiger partial charge in [0, 0.05) is 23.8 Å². The number of hydrogen-bond donors (Lipinski definition) is 2. The van der Waals surface area contributed by atoms with E-state index in [1.54, 1.807) is 11.3 Å². The van der Waals surface area contributed by atoms with Gasteiger partial charge in [0.15, 0.2) is 0 Å². The number of aromatic nitrogens is 2. The summed E-state index contributed by atoms with van der Waals surface area (Å²) in [6, 6.07) is 3.90. The smallest absolute Gasteiger partial charge is 0.240 e. The number of hydrogen-bond acceptors (Lipinski definition) is 5. The van der Waals surface area contributed by atoms with Crippen molar-refractivity contribution < 1.29 is 9.59 Å². The Morgan fingerprint density at radius 3 is 2.69 bits per heavy atom. The number of allylic oxidation sites excluding steroid dienone is 2. The number of carbonyl (C=O) groups is 2. The molecule has 3 heterocycles. The summed E-state index contributed by atoms with van der Waals surface area (Å²) in [5.41, 5.74) is 8.88. The second kappa shape index (κ2) is 9.25. The fourth-order valence-electron chi connectivity index (χ4n) is 7.35. The average Bonchev–Trinajstić information content (AvgIpc) is 3.62. The summed E-state index contributed by atoms with van der Waals surface area (Å²) < 4.78 is 0. The fraction of sp³-hybridized carbons (Fsp3) is 0.621. The van der Waals surface area contributed by atoms with Gasteiger partial charge in [0.1, 0.15) is 11.6 Å². The van der Waals surface area contributed by atoms with E-state index in [1.165, 1.54) is 42.6 Å². The number of H-pyrrole nitrogens is 1. The van der Waals surface area contributed by atoms with Crippen molar-refractivity contribution in [1.82, 2.24) is 14.9 Å². The van der Waals surface area contributed by atoms with E-state index in [2.05, 4.69) is 23.2 Å². The van der Waals surface area contributed by atoms with Crippen molar-refractivity contribution in [1.29, 1.82) is 0 Å². The number of likely N-dealkylation sites (tertiary alicyclic amines) is 1. The number of fused-ring (bicyclic) bond motifs is 2. The van der Waals surface area contributed by atoms with Crippen LogP contribution in [0, 0.1) is 23.2 Å². The second-order valence-electron chi connectivity index (χ2n) is 11.8. The molecule has 1 spiro atoms. The van der Waals surface area contributed by atoms with Gasteiger partial charge in [0.25, 0.3) is 0 Å². The predicted octanol–water partition coefficient (Wildman–Crippen LogP) is 5.73. The lowest BCUT2D eigenvalue weighted by molar-refractivity contribution is -0.135. The number of rotatable bonds is 5. The molecule has 2 aromatic rings. The molecule has 3 aliphatic carbocycles. The molecule has 2 saturated carbocycles. The zero-order valence-electron chi connectivity index (χ0n) is 21.5. The van der Waals surface area contributed by atoms with Crippen LogP contribution in [0.5, 0.6) is 0 Å². The quantitative estimate of drug-likeness (QED) is 0.542. The van der Waals surface area contributed by atoms with Crippen molar-refractivity contribution in [2.45, 2.75) is 83.7 Å². The molecule has 0 bridgehead atoms. The molecule has 1 amide bonds. The predicted molar refractivity (Wildman–Crippen MR) is 143 cm³/mol. The van der Waals surface area contributed by atoms with Gasteiger partial charge in [0.05, 0.1) is 28.9 Å². The monoisotopic (exact) mass is 506 g/mol. The Bertz CT molecular complexity index is 1190. The van der Waals surface area contributed by atoms with Gasteiger partial charge in [-0.1, -0.05) is 32.8 Å². The molecule has 4 atom stereocenters. The van der Waals surface area contributed by atoms with E-state index in [4.69, 9.17) is 10.7 Å². The Balaban J connectivity index is 1.22. The topological polar surface area (TPSA) is 92.1 Å². The third kappa shape index (κ3) is 3.90. The lowest BCUT2D eigenvalue weighted by Crippen LogP contribution is -2.49. The highest BCUT2D eigenvalue weighted by Gasteiger charge is 2.53. The van der Waals surface area contributed by atoms with Gasteiger partial charge in [-0.05, 0) is 73.5 Å². The molecule has 192 valence electrons. The van der Waals surface area contributed by atoms with E-state index in [0.29, 0.717) is 23.5 Å². The van der Waals surface area contributed by atoms with E-state index in [-0.39, 0.29) is 23.8 Å². The summed E-state index contributed by atoms with van der Waals surface area (Å²) in [7, 11) is 0. The summed E-state index contributed by atoms with van der Waals surface area (Å²) in [5, 5.41) is 0. The number of thiophene rings is 1. The van der Waals surface area contributed by atoms with Crippen molar-refractivity contribution >= 4 is 28.6 Å². The van der Waals surface area contributed by atoms with Crippen LogP contribution in [0.25, 0.3) is 16.1 Å². The third-order valence-corrected chi connectivity index (χ3v) is 10.6. The number of nitrogens with zero attached hydrogens (tertiary/aromatic N) is 2. The maximum Gasteiger partial charge on any atom is 0.240 e. The molecule has 4 aliphatic rings. The van der Waals surface area contributed by atoms with Gasteiger partial charge < -0.3 is 15.6 Å². The maximum atomic E-state index is 13.0. The van der Waals surface area contributed by atoms with Crippen LogP contribution in [0.4, 0.5) is 0 Å². The van der Waals surface area contributed by atoms with Crippen LogP contribution >= 0.6 is 11.3 Å². The first-order valence-electron chi connectivity index (χ1n) is 13.8. The number of Topliss-reactive ketones (excluding diaryl/α,β-unsaturated/α-hetero) is 1. The minimum atomic E-state index is -0.474. The molecule has 6 rings (SSSR count). The van der Waals surface area contributed by atoms with E-state index in [9.17, 15) is 9.59 Å². The van der Waals surface area contributed by atoms with Gasteiger partial charge in [-0.15, -0.1) is 11.3 Å². The Kier molecular flexibility index (Phi) is 6.19. The Hall–Kier alpha value is -2.25. The fourth-order valence-corrected chi connectivity index (χ4v) is 8.42. The van der Waals surface area contributed by atoms with Crippen molar-refractivity contribution in [2.24, 2.45) is 28.9 Å². The number of amides is 1. The summed E-state index contributed by atoms with van der Waals surface area (Å²) in [6.07, 6.45) is 14.0. The van der Waals surface area contributed by atoms with Gasteiger partial charge in [0.2, 0.25) is 5.91 Å². The highest BCUT2D eigenvalue weighted by Crippen LogP contribution is 2.61. The van der Waals surface area contributed by atoms with Crippen LogP contribution < -0.4 is 5.73 Å². The molecule has 36 heavy (non-hydrogen) atoms. The summed E-state index contributed by atoms with van der Waals surface area (Å²) >= 11 is 1.80. The molecule has 6 nitrogen and oxygen atoms in total. The standard InChI is InChI=1S/C29H38N4O2S/c1-17(2)26(30)28(35)33-15-4-7-21(33)27-31-16-20(32-27)24-11-10-23(36-24)18-8-9-22(34)25-19(18)6-3-12-29(25)13-5-14-29/h8,10-11,16-17,19,21,25-26H,3-7,9,12-15,30H2,1-2H3,(H,31,32). The van der Waals surface area contributed by atoms with Crippen LogP contribution in [0.15, 0.2) is 24.4 Å². The zero-order valence-corrected chi connectivity index (χ0v) is 22.3. The van der Waals surface area contributed by atoms with Crippen LogP contribution in [0.3, 0.4) is 0 Å². The lowest BCUT2D eigenvalue weighted by atomic mass is 9.49. The van der Waals surface area contributed by atoms with Crippen molar-refractivity contribution in [3.63, 3.8) is 0 Å². The van der Waals surface area contributed by atoms with Crippen LogP contribution in [-0.2, 0) is 9.59 Å². The SMILES string of the molecule is CC(C)C(N)C(=O)N1CCCC1c1ncc(-c2ccc(C3=CCC(=O)C4C3CCCC43CCC3)s2)[nH]1. The van der Waals surface area contributed by atoms with Crippen LogP contribution in [0.2, 0.25) is 0 Å². The average molecular weight is 507 g/mol. The number of nitrogens with two attached hydrogens (primary N) is 1. The molecular formula is C29H38N4O2S. The molecule has 1 aliphatic heterocycles. The van der Waals surface area contributed by atoms with Crippen molar-refractivity contribution in [2.75, 3.05) is 6.54 Å². The zero-order chi connectivity index (χ0) is 25.0. The summed E-state index contributed by atoms with van der Waals surface area (Å²) in [6.45, 7) is 4.72. The Morgan fingerprint density at radius 1 is 1.17 bits per heavy atom. The summed E-state index contributed by atoms with van der Waals surface area (Å²) in [4.78, 5) is 38.6. The van der Waals surface area contributed by atoms with Crippen molar-refractivity contribution in [3.05, 3.63) is 35.1 Å². The molecular weight excluding hydrogens is 468 g/mol. The molecule has 2 aromatic heterocycles. The highest BCUT2D eigenvalue weighted by molar-refractivity contribution is 7.16. The number of ketones is 1.